The second-order valence-corrected chi connectivity index (χ2v) is 6.25. The van der Waals surface area contributed by atoms with E-state index in [1.54, 1.807) is 0 Å². The zero-order valence-electron chi connectivity index (χ0n) is 13.3. The molecule has 2 fully saturated rings. The van der Waals surface area contributed by atoms with Gasteiger partial charge in [-0.2, -0.15) is 0 Å². The summed E-state index contributed by atoms with van der Waals surface area (Å²) in [6.07, 6.45) is 6.01. The summed E-state index contributed by atoms with van der Waals surface area (Å²) < 4.78 is 0. The molecular weight excluding hydrogens is 276 g/mol. The highest BCUT2D eigenvalue weighted by molar-refractivity contribution is 5.97. The molecule has 2 aliphatic rings. The van der Waals surface area contributed by atoms with Gasteiger partial charge in [0.25, 0.3) is 5.91 Å². The van der Waals surface area contributed by atoms with E-state index in [9.17, 15) is 9.59 Å². The molecule has 1 aromatic rings. The number of anilines is 1. The molecule has 0 N–H and O–H groups in total. The first kappa shape index (κ1) is 15.1. The van der Waals surface area contributed by atoms with Crippen LogP contribution in [0.3, 0.4) is 0 Å². The van der Waals surface area contributed by atoms with Crippen LogP contribution in [0.15, 0.2) is 24.3 Å². The molecule has 2 aliphatic heterocycles. The number of carbonyl (C=O) groups is 2. The van der Waals surface area contributed by atoms with Crippen molar-refractivity contribution in [3.63, 3.8) is 0 Å². The van der Waals surface area contributed by atoms with Crippen LogP contribution in [0.2, 0.25) is 0 Å². The number of hydrogen-bond donors (Lipinski definition) is 0. The van der Waals surface area contributed by atoms with Gasteiger partial charge >= 0.3 is 0 Å². The summed E-state index contributed by atoms with van der Waals surface area (Å²) in [6, 6.07) is 7.92. The standard InChI is InChI=1S/C18H24N2O2/c1-2-15-6-3-4-12-20(15)18(22)14-8-10-16(11-9-14)19-13-5-7-17(19)21/h8-11,15H,2-7,12-13H2,1H3. The minimum absolute atomic E-state index is 0.130. The third-order valence-corrected chi connectivity index (χ3v) is 4.86. The molecule has 3 rings (SSSR count). The van der Waals surface area contributed by atoms with Gasteiger partial charge in [0.05, 0.1) is 0 Å². The van der Waals surface area contributed by atoms with E-state index in [0.29, 0.717) is 12.5 Å². The molecule has 0 radical (unpaired) electrons. The number of hydrogen-bond acceptors (Lipinski definition) is 2. The molecule has 2 amide bonds. The minimum Gasteiger partial charge on any atom is -0.336 e. The molecule has 0 spiro atoms. The Hall–Kier alpha value is -1.84. The van der Waals surface area contributed by atoms with Crippen molar-refractivity contribution in [2.75, 3.05) is 18.0 Å². The monoisotopic (exact) mass is 300 g/mol. The third kappa shape index (κ3) is 2.87. The fourth-order valence-electron chi connectivity index (χ4n) is 3.56. The number of piperidine rings is 1. The molecule has 0 bridgehead atoms. The molecule has 2 heterocycles. The molecule has 2 saturated heterocycles. The maximum Gasteiger partial charge on any atom is 0.254 e. The van der Waals surface area contributed by atoms with Gasteiger partial charge in [0.1, 0.15) is 0 Å². The van der Waals surface area contributed by atoms with Gasteiger partial charge < -0.3 is 9.80 Å². The van der Waals surface area contributed by atoms with E-state index in [0.717, 1.165) is 50.0 Å². The summed E-state index contributed by atoms with van der Waals surface area (Å²) in [5.41, 5.74) is 1.64. The van der Waals surface area contributed by atoms with Crippen molar-refractivity contribution in [2.45, 2.75) is 51.5 Å². The van der Waals surface area contributed by atoms with Crippen molar-refractivity contribution in [1.82, 2.24) is 4.90 Å². The molecule has 0 aliphatic carbocycles. The smallest absolute Gasteiger partial charge is 0.254 e. The van der Waals surface area contributed by atoms with Gasteiger partial charge in [-0.05, 0) is 56.4 Å². The van der Waals surface area contributed by atoms with E-state index >= 15 is 0 Å². The van der Waals surface area contributed by atoms with Crippen LogP contribution in [0.1, 0.15) is 55.8 Å². The number of likely N-dealkylation sites (tertiary alicyclic amines) is 1. The lowest BCUT2D eigenvalue weighted by Gasteiger charge is -2.35. The Morgan fingerprint density at radius 3 is 2.55 bits per heavy atom. The number of rotatable bonds is 3. The van der Waals surface area contributed by atoms with Gasteiger partial charge in [0.15, 0.2) is 0 Å². The van der Waals surface area contributed by atoms with Crippen molar-refractivity contribution >= 4 is 17.5 Å². The first-order valence-corrected chi connectivity index (χ1v) is 8.42. The van der Waals surface area contributed by atoms with E-state index in [4.69, 9.17) is 0 Å². The third-order valence-electron chi connectivity index (χ3n) is 4.86. The lowest BCUT2D eigenvalue weighted by molar-refractivity contribution is -0.117. The zero-order valence-corrected chi connectivity index (χ0v) is 13.3. The highest BCUT2D eigenvalue weighted by Gasteiger charge is 2.26. The van der Waals surface area contributed by atoms with Crippen molar-refractivity contribution in [3.05, 3.63) is 29.8 Å². The second kappa shape index (κ2) is 6.51. The summed E-state index contributed by atoms with van der Waals surface area (Å²) in [7, 11) is 0. The highest BCUT2D eigenvalue weighted by Crippen LogP contribution is 2.24. The summed E-state index contributed by atoms with van der Waals surface area (Å²) in [6.45, 7) is 3.80. The Balaban J connectivity index is 1.74. The van der Waals surface area contributed by atoms with Crippen LogP contribution in [0.25, 0.3) is 0 Å². The number of carbonyl (C=O) groups excluding carboxylic acids is 2. The van der Waals surface area contributed by atoms with Gasteiger partial charge in [-0.25, -0.2) is 0 Å². The summed E-state index contributed by atoms with van der Waals surface area (Å²) in [5, 5.41) is 0. The number of nitrogens with zero attached hydrogens (tertiary/aromatic N) is 2. The first-order chi connectivity index (χ1) is 10.7. The quantitative estimate of drug-likeness (QED) is 0.860. The molecule has 0 aromatic heterocycles. The topological polar surface area (TPSA) is 40.6 Å². The molecule has 1 unspecified atom stereocenters. The van der Waals surface area contributed by atoms with E-state index in [1.165, 1.54) is 6.42 Å². The van der Waals surface area contributed by atoms with Crippen LogP contribution in [0, 0.1) is 0 Å². The van der Waals surface area contributed by atoms with E-state index in [-0.39, 0.29) is 11.8 Å². The SMILES string of the molecule is CCC1CCCCN1C(=O)c1ccc(N2CCCC2=O)cc1. The Morgan fingerprint density at radius 1 is 1.14 bits per heavy atom. The lowest BCUT2D eigenvalue weighted by Crippen LogP contribution is -2.43. The van der Waals surface area contributed by atoms with Crippen LogP contribution in [-0.2, 0) is 4.79 Å². The maximum absolute atomic E-state index is 12.7. The van der Waals surface area contributed by atoms with Crippen molar-refractivity contribution in [3.8, 4) is 0 Å². The Bertz CT molecular complexity index is 553. The first-order valence-electron chi connectivity index (χ1n) is 8.42. The fourth-order valence-corrected chi connectivity index (χ4v) is 3.56. The highest BCUT2D eigenvalue weighted by atomic mass is 16.2. The largest absolute Gasteiger partial charge is 0.336 e. The Morgan fingerprint density at radius 2 is 1.91 bits per heavy atom. The lowest BCUT2D eigenvalue weighted by atomic mass is 9.99. The van der Waals surface area contributed by atoms with E-state index < -0.39 is 0 Å². The number of amides is 2. The maximum atomic E-state index is 12.7. The minimum atomic E-state index is 0.130. The van der Waals surface area contributed by atoms with Crippen LogP contribution in [-0.4, -0.2) is 35.8 Å². The molecule has 22 heavy (non-hydrogen) atoms. The van der Waals surface area contributed by atoms with Crippen LogP contribution >= 0.6 is 0 Å². The predicted molar refractivity (Wildman–Crippen MR) is 87.0 cm³/mol. The van der Waals surface area contributed by atoms with Gasteiger partial charge in [-0.15, -0.1) is 0 Å². The van der Waals surface area contributed by atoms with Crippen LogP contribution in [0.4, 0.5) is 5.69 Å². The van der Waals surface area contributed by atoms with Crippen molar-refractivity contribution < 1.29 is 9.59 Å². The normalized spacial score (nSPS) is 22.2. The fraction of sp³-hybridized carbons (Fsp3) is 0.556. The molecule has 0 saturated carbocycles. The Kier molecular flexibility index (Phi) is 4.46. The summed E-state index contributed by atoms with van der Waals surface area (Å²) in [4.78, 5) is 28.3. The van der Waals surface area contributed by atoms with E-state index in [1.807, 2.05) is 34.1 Å². The Labute approximate surface area is 132 Å². The van der Waals surface area contributed by atoms with E-state index in [2.05, 4.69) is 6.92 Å². The van der Waals surface area contributed by atoms with Crippen molar-refractivity contribution in [2.24, 2.45) is 0 Å². The second-order valence-electron chi connectivity index (χ2n) is 6.25. The van der Waals surface area contributed by atoms with Crippen molar-refractivity contribution in [1.29, 1.82) is 0 Å². The molecular formula is C18H24N2O2. The van der Waals surface area contributed by atoms with Gasteiger partial charge in [0, 0.05) is 36.8 Å². The predicted octanol–water partition coefficient (Wildman–Crippen LogP) is 3.22. The average molecular weight is 300 g/mol. The molecule has 1 atom stereocenters. The average Bonchev–Trinajstić information content (AvgIpc) is 3.00. The molecule has 4 heteroatoms. The summed E-state index contributed by atoms with van der Waals surface area (Å²) >= 11 is 0. The van der Waals surface area contributed by atoms with Crippen LogP contribution < -0.4 is 4.90 Å². The zero-order chi connectivity index (χ0) is 15.5. The molecule has 118 valence electrons. The molecule has 4 nitrogen and oxygen atoms in total. The summed E-state index contributed by atoms with van der Waals surface area (Å²) in [5.74, 6) is 0.312. The van der Waals surface area contributed by atoms with Gasteiger partial charge in [-0.1, -0.05) is 6.92 Å². The van der Waals surface area contributed by atoms with Gasteiger partial charge in [-0.3, -0.25) is 9.59 Å². The number of benzene rings is 1. The van der Waals surface area contributed by atoms with Crippen LogP contribution in [0.5, 0.6) is 0 Å². The molecule has 1 aromatic carbocycles. The van der Waals surface area contributed by atoms with Gasteiger partial charge in [0.2, 0.25) is 5.91 Å².